The van der Waals surface area contributed by atoms with E-state index >= 15 is 0 Å². The minimum absolute atomic E-state index is 0.0687. The Kier molecular flexibility index (Phi) is 5.89. The van der Waals surface area contributed by atoms with E-state index in [1.165, 1.54) is 4.31 Å². The van der Waals surface area contributed by atoms with Crippen LogP contribution in [0.3, 0.4) is 0 Å². The highest BCUT2D eigenvalue weighted by molar-refractivity contribution is 7.93. The van der Waals surface area contributed by atoms with Crippen molar-refractivity contribution < 1.29 is 17.9 Å². The number of hydrogen-bond donors (Lipinski definition) is 1. The van der Waals surface area contributed by atoms with Crippen LogP contribution in [-0.4, -0.2) is 33.5 Å². The van der Waals surface area contributed by atoms with E-state index in [1.807, 2.05) is 40.7 Å². The fourth-order valence-electron chi connectivity index (χ4n) is 3.61. The molecule has 6 nitrogen and oxygen atoms in total. The van der Waals surface area contributed by atoms with Crippen molar-refractivity contribution >= 4 is 21.6 Å². The van der Waals surface area contributed by atoms with Crippen LogP contribution < -0.4 is 14.4 Å². The number of nitrogens with one attached hydrogen (secondary N) is 1. The lowest BCUT2D eigenvalue weighted by atomic mass is 10.0. The molecule has 1 atom stereocenters. The number of ether oxygens (including phenoxy) is 1. The summed E-state index contributed by atoms with van der Waals surface area (Å²) in [7, 11) is -3.90. The van der Waals surface area contributed by atoms with Crippen LogP contribution >= 0.6 is 0 Å². The summed E-state index contributed by atoms with van der Waals surface area (Å²) in [5.41, 5.74) is 3.74. The molecule has 7 heteroatoms. The number of benzene rings is 2. The maximum atomic E-state index is 13.8. The molecule has 0 spiro atoms. The number of carbonyl (C=O) groups is 1. The first-order chi connectivity index (χ1) is 13.7. The molecule has 2 aromatic rings. The van der Waals surface area contributed by atoms with Crippen LogP contribution in [0.4, 0.5) is 5.69 Å². The molecule has 1 aliphatic rings. The maximum Gasteiger partial charge on any atom is 0.265 e. The third-order valence-corrected chi connectivity index (χ3v) is 7.48. The topological polar surface area (TPSA) is 75.7 Å². The number of amides is 1. The molecule has 1 aliphatic heterocycles. The molecule has 1 amide bonds. The molecule has 0 saturated carbocycles. The smallest absolute Gasteiger partial charge is 0.265 e. The van der Waals surface area contributed by atoms with E-state index in [0.717, 1.165) is 28.7 Å². The lowest BCUT2D eigenvalue weighted by Gasteiger charge is -2.35. The van der Waals surface area contributed by atoms with Gasteiger partial charge < -0.3 is 10.1 Å². The van der Waals surface area contributed by atoms with E-state index in [-0.39, 0.29) is 12.5 Å². The van der Waals surface area contributed by atoms with Gasteiger partial charge in [0.15, 0.2) is 6.10 Å². The maximum absolute atomic E-state index is 13.8. The van der Waals surface area contributed by atoms with Gasteiger partial charge in [0.1, 0.15) is 5.75 Å². The van der Waals surface area contributed by atoms with Crippen molar-refractivity contribution in [3.8, 4) is 5.75 Å². The summed E-state index contributed by atoms with van der Waals surface area (Å²) in [4.78, 5) is 12.9. The van der Waals surface area contributed by atoms with E-state index in [2.05, 4.69) is 5.32 Å². The van der Waals surface area contributed by atoms with E-state index in [4.69, 9.17) is 4.74 Å². The third-order valence-electron chi connectivity index (χ3n) is 5.42. The highest BCUT2D eigenvalue weighted by atomic mass is 32.2. The zero-order valence-corrected chi connectivity index (χ0v) is 18.4. The Morgan fingerprint density at radius 3 is 2.38 bits per heavy atom. The Morgan fingerprint density at radius 2 is 1.76 bits per heavy atom. The molecule has 0 bridgehead atoms. The number of fused-ring (bicyclic) bond motifs is 1. The number of nitrogens with zero attached hydrogens (tertiary/aromatic N) is 1. The number of para-hydroxylation sites is 2. The molecular formula is C22H28N2O4S. The Hall–Kier alpha value is -2.54. The van der Waals surface area contributed by atoms with E-state index < -0.39 is 16.1 Å². The number of carbonyl (C=O) groups excluding carboxylic acids is 1. The quantitative estimate of drug-likeness (QED) is 0.811. The van der Waals surface area contributed by atoms with Crippen LogP contribution in [0.2, 0.25) is 0 Å². The first kappa shape index (κ1) is 21.2. The lowest BCUT2D eigenvalue weighted by Crippen LogP contribution is -2.51. The first-order valence-corrected chi connectivity index (χ1v) is 11.3. The highest BCUT2D eigenvalue weighted by Crippen LogP contribution is 2.38. The standard InChI is InChI=1S/C22H28N2O4S/c1-6-11-23-22(25)20-13-24(18-9-7-8-10-19(18)28-20)29(26,27)21-16(4)14(2)12-15(3)17(21)5/h7-10,12,20H,6,11,13H2,1-5H3,(H,23,25). The van der Waals surface area contributed by atoms with Crippen LogP contribution in [0.1, 0.15) is 35.6 Å². The number of hydrogen-bond acceptors (Lipinski definition) is 4. The summed E-state index contributed by atoms with van der Waals surface area (Å²) in [6, 6.07) is 8.93. The summed E-state index contributed by atoms with van der Waals surface area (Å²) in [6.07, 6.45) is -0.115. The molecule has 0 aromatic heterocycles. The minimum Gasteiger partial charge on any atom is -0.476 e. The fourth-order valence-corrected chi connectivity index (χ4v) is 5.66. The van der Waals surface area contributed by atoms with Gasteiger partial charge >= 0.3 is 0 Å². The summed E-state index contributed by atoms with van der Waals surface area (Å²) in [6.45, 7) is 9.88. The molecule has 1 N–H and O–H groups in total. The molecular weight excluding hydrogens is 388 g/mol. The molecule has 3 rings (SSSR count). The molecule has 1 unspecified atom stereocenters. The lowest BCUT2D eigenvalue weighted by molar-refractivity contribution is -0.127. The second kappa shape index (κ2) is 8.06. The van der Waals surface area contributed by atoms with Crippen LogP contribution in [-0.2, 0) is 14.8 Å². The van der Waals surface area contributed by atoms with E-state index in [1.54, 1.807) is 24.3 Å². The zero-order chi connectivity index (χ0) is 21.3. The van der Waals surface area contributed by atoms with E-state index in [0.29, 0.717) is 22.9 Å². The van der Waals surface area contributed by atoms with Gasteiger partial charge in [0.2, 0.25) is 0 Å². The Balaban J connectivity index is 2.12. The predicted molar refractivity (Wildman–Crippen MR) is 114 cm³/mol. The zero-order valence-electron chi connectivity index (χ0n) is 17.6. The largest absolute Gasteiger partial charge is 0.476 e. The molecule has 0 saturated heterocycles. The highest BCUT2D eigenvalue weighted by Gasteiger charge is 2.38. The number of rotatable bonds is 5. The van der Waals surface area contributed by atoms with Gasteiger partial charge in [-0.1, -0.05) is 25.1 Å². The number of aryl methyl sites for hydroxylation is 2. The summed E-state index contributed by atoms with van der Waals surface area (Å²) in [5.74, 6) is 0.0778. The van der Waals surface area contributed by atoms with Gasteiger partial charge in [-0.3, -0.25) is 9.10 Å². The van der Waals surface area contributed by atoms with Gasteiger partial charge in [-0.15, -0.1) is 0 Å². The van der Waals surface area contributed by atoms with Crippen molar-refractivity contribution in [3.05, 3.63) is 52.6 Å². The van der Waals surface area contributed by atoms with Gasteiger partial charge in [-0.2, -0.15) is 0 Å². The van der Waals surface area contributed by atoms with Crippen LogP contribution in [0.15, 0.2) is 35.2 Å². The summed E-state index contributed by atoms with van der Waals surface area (Å²) < 4.78 is 34.8. The number of anilines is 1. The van der Waals surface area contributed by atoms with Gasteiger partial charge in [-0.25, -0.2) is 8.42 Å². The molecule has 156 valence electrons. The third kappa shape index (κ3) is 3.83. The van der Waals surface area contributed by atoms with Gasteiger partial charge in [0, 0.05) is 6.54 Å². The normalized spacial score (nSPS) is 16.2. The van der Waals surface area contributed by atoms with Crippen molar-refractivity contribution in [2.75, 3.05) is 17.4 Å². The van der Waals surface area contributed by atoms with Crippen molar-refractivity contribution in [2.24, 2.45) is 0 Å². The Bertz CT molecular complexity index is 1020. The average molecular weight is 417 g/mol. The van der Waals surface area contributed by atoms with Crippen molar-refractivity contribution in [2.45, 2.75) is 52.0 Å². The van der Waals surface area contributed by atoms with Crippen LogP contribution in [0.25, 0.3) is 0 Å². The monoisotopic (exact) mass is 416 g/mol. The average Bonchev–Trinajstić information content (AvgIpc) is 2.69. The second-order valence-electron chi connectivity index (χ2n) is 7.49. The minimum atomic E-state index is -3.90. The predicted octanol–water partition coefficient (Wildman–Crippen LogP) is 3.40. The van der Waals surface area contributed by atoms with Crippen LogP contribution in [0.5, 0.6) is 5.75 Å². The van der Waals surface area contributed by atoms with Crippen LogP contribution in [0, 0.1) is 27.7 Å². The fraction of sp³-hybridized carbons (Fsp3) is 0.409. The van der Waals surface area contributed by atoms with Gasteiger partial charge in [0.25, 0.3) is 15.9 Å². The van der Waals surface area contributed by atoms with E-state index in [9.17, 15) is 13.2 Å². The van der Waals surface area contributed by atoms with Crippen molar-refractivity contribution in [1.82, 2.24) is 5.32 Å². The molecule has 0 aliphatic carbocycles. The molecule has 0 fully saturated rings. The SMILES string of the molecule is CCCNC(=O)C1CN(S(=O)(=O)c2c(C)c(C)cc(C)c2C)c2ccccc2O1. The summed E-state index contributed by atoms with van der Waals surface area (Å²) >= 11 is 0. The number of sulfonamides is 1. The Labute approximate surface area is 172 Å². The van der Waals surface area contributed by atoms with Crippen molar-refractivity contribution in [1.29, 1.82) is 0 Å². The molecule has 0 radical (unpaired) electrons. The first-order valence-electron chi connectivity index (χ1n) is 9.82. The second-order valence-corrected chi connectivity index (χ2v) is 9.29. The molecule has 1 heterocycles. The van der Waals surface area contributed by atoms with Gasteiger partial charge in [0.05, 0.1) is 17.1 Å². The molecule has 29 heavy (non-hydrogen) atoms. The van der Waals surface area contributed by atoms with Crippen molar-refractivity contribution in [3.63, 3.8) is 0 Å². The molecule has 2 aromatic carbocycles. The van der Waals surface area contributed by atoms with Gasteiger partial charge in [-0.05, 0) is 68.5 Å². The summed E-state index contributed by atoms with van der Waals surface area (Å²) in [5, 5.41) is 2.80. The Morgan fingerprint density at radius 1 is 1.14 bits per heavy atom.